The second-order valence-electron chi connectivity index (χ2n) is 15.9. The highest BCUT2D eigenvalue weighted by molar-refractivity contribution is 6.37. The minimum atomic E-state index is -4.57. The third-order valence-electron chi connectivity index (χ3n) is 10.9. The summed E-state index contributed by atoms with van der Waals surface area (Å²) in [4.78, 5) is 41.5. The van der Waals surface area contributed by atoms with Crippen molar-refractivity contribution in [2.45, 2.75) is 50.2 Å². The number of imidazole rings is 2. The van der Waals surface area contributed by atoms with E-state index in [1.807, 2.05) is 0 Å². The molecule has 0 spiro atoms. The van der Waals surface area contributed by atoms with Gasteiger partial charge in [0.25, 0.3) is 11.8 Å². The number of pyridine rings is 2. The molecule has 1 N–H and O–H groups in total. The standard InChI is InChI=1S/C22H15Cl3F3N5O3.C21H13Cl3F3N5O3/c1-32-8-11(2-3-18(32)34)35-17-6-13(23)12(5-14(17)24)19-30-21(36-31-19)16-9-33-7-10(22(26,27)28)4-15(25)20(33)29-16;22-12-5-16(34-10-1-2-17(33)28-6-10)13(23)4-11(12)18-30-20(35-31-18)15-8-32-7-9(21(25,26)27)3-14(24)19(32)29-15/h4-7,9,11H,2-3,8H2,1H3;3-5,7-8,10H,1-2,6H2,(H,28,33)/t11-;10-/m11/s1. The number of aromatic nitrogens is 8. The molecule has 6 aromatic heterocycles. The first-order valence-electron chi connectivity index (χ1n) is 20.6. The zero-order valence-electron chi connectivity index (χ0n) is 35.7. The fraction of sp³-hybridized carbons (Fsp3) is 0.256. The second-order valence-corrected chi connectivity index (χ2v) is 18.3. The fourth-order valence-electron chi connectivity index (χ4n) is 7.32. The number of piperidine rings is 2. The number of likely N-dealkylation sites (N-methyl/N-ethyl adjacent to an activating group) is 1. The van der Waals surface area contributed by atoms with Gasteiger partial charge in [0.1, 0.15) is 35.1 Å². The summed E-state index contributed by atoms with van der Waals surface area (Å²) >= 11 is 37.6. The van der Waals surface area contributed by atoms with Crippen molar-refractivity contribution in [2.24, 2.45) is 0 Å². The number of ether oxygens (including phenoxy) is 2. The maximum absolute atomic E-state index is 13.1. The van der Waals surface area contributed by atoms with Crippen LogP contribution in [0.1, 0.15) is 36.8 Å². The van der Waals surface area contributed by atoms with Crippen molar-refractivity contribution >= 4 is 92.7 Å². The molecule has 0 bridgehead atoms. The zero-order chi connectivity index (χ0) is 50.7. The van der Waals surface area contributed by atoms with Crippen LogP contribution < -0.4 is 14.8 Å². The largest absolute Gasteiger partial charge is 0.487 e. The molecule has 2 fully saturated rings. The van der Waals surface area contributed by atoms with Crippen LogP contribution in [0.25, 0.3) is 57.2 Å². The summed E-state index contributed by atoms with van der Waals surface area (Å²) in [6.07, 6.45) is -3.48. The third kappa shape index (κ3) is 10.8. The van der Waals surface area contributed by atoms with E-state index in [2.05, 4.69) is 35.6 Å². The topological polar surface area (TPSA) is 180 Å². The predicted octanol–water partition coefficient (Wildman–Crippen LogP) is 11.7. The number of halogens is 12. The number of rotatable bonds is 8. The Morgan fingerprint density at radius 2 is 1.07 bits per heavy atom. The summed E-state index contributed by atoms with van der Waals surface area (Å²) in [5.74, 6) is 0.757. The molecule has 2 amide bonds. The van der Waals surface area contributed by atoms with Crippen molar-refractivity contribution in [3.63, 3.8) is 0 Å². The lowest BCUT2D eigenvalue weighted by Crippen LogP contribution is -2.42. The average molecular weight is 1110 g/mol. The zero-order valence-corrected chi connectivity index (χ0v) is 40.2. The molecule has 8 aromatic rings. The Kier molecular flexibility index (Phi) is 13.7. The van der Waals surface area contributed by atoms with Gasteiger partial charge in [0.05, 0.1) is 54.4 Å². The first kappa shape index (κ1) is 49.9. The molecule has 0 unspecified atom stereocenters. The van der Waals surface area contributed by atoms with Gasteiger partial charge in [-0.05, 0) is 37.1 Å². The number of amides is 2. The van der Waals surface area contributed by atoms with Crippen LogP contribution in [0.15, 0.2) is 70.2 Å². The molecule has 10 rings (SSSR count). The molecule has 0 saturated carbocycles. The minimum absolute atomic E-state index is 0.0362. The van der Waals surface area contributed by atoms with E-state index in [0.717, 1.165) is 33.3 Å². The van der Waals surface area contributed by atoms with Gasteiger partial charge < -0.3 is 37.5 Å². The highest BCUT2D eigenvalue weighted by Crippen LogP contribution is 2.40. The first-order valence-corrected chi connectivity index (χ1v) is 22.9. The van der Waals surface area contributed by atoms with Crippen LogP contribution in [0.3, 0.4) is 0 Å². The Labute approximate surface area is 424 Å². The maximum atomic E-state index is 13.1. The molecule has 2 aromatic carbocycles. The Bertz CT molecular complexity index is 3370. The normalized spacial score (nSPS) is 16.6. The number of nitrogens with one attached hydrogen (secondary N) is 1. The van der Waals surface area contributed by atoms with Crippen LogP contribution in [-0.4, -0.2) is 88.1 Å². The number of hydrogen-bond donors (Lipinski definition) is 1. The highest BCUT2D eigenvalue weighted by atomic mass is 35.5. The molecular weight excluding hydrogens is 1080 g/mol. The number of fused-ring (bicyclic) bond motifs is 2. The SMILES string of the molecule is CN1C[C@H](Oc2cc(Cl)c(-c3noc(-c4cn5cc(C(F)(F)F)cc(Cl)c5n4)n3)cc2Cl)CCC1=O.O=C1CC[C@@H](Oc2cc(Cl)c(-c3noc(-c4cn5cc(C(F)(F)F)cc(Cl)c5n4)n3)cc2Cl)CN1. The van der Waals surface area contributed by atoms with Gasteiger partial charge >= 0.3 is 12.4 Å². The summed E-state index contributed by atoms with van der Waals surface area (Å²) in [6, 6.07) is 7.64. The lowest BCUT2D eigenvalue weighted by atomic mass is 10.1. The van der Waals surface area contributed by atoms with Crippen LogP contribution in [0.5, 0.6) is 11.5 Å². The van der Waals surface area contributed by atoms with Gasteiger partial charge in [-0.3, -0.25) is 9.59 Å². The molecule has 2 saturated heterocycles. The van der Waals surface area contributed by atoms with E-state index >= 15 is 0 Å². The predicted molar refractivity (Wildman–Crippen MR) is 246 cm³/mol. The van der Waals surface area contributed by atoms with Crippen molar-refractivity contribution < 1.29 is 54.5 Å². The van der Waals surface area contributed by atoms with Crippen molar-refractivity contribution in [3.8, 4) is 57.4 Å². The number of carbonyl (C=O) groups excluding carboxylic acids is 2. The summed E-state index contributed by atoms with van der Waals surface area (Å²) in [5.41, 5.74) is -0.735. The van der Waals surface area contributed by atoms with Gasteiger partial charge in [0.15, 0.2) is 11.3 Å². The Hall–Kier alpha value is -6.04. The average Bonchev–Trinajstić information content (AvgIpc) is 4.14. The van der Waals surface area contributed by atoms with Crippen LogP contribution in [0.4, 0.5) is 26.3 Å². The van der Waals surface area contributed by atoms with Crippen LogP contribution >= 0.6 is 69.6 Å². The molecule has 370 valence electrons. The van der Waals surface area contributed by atoms with Gasteiger partial charge in [-0.2, -0.15) is 36.3 Å². The number of hydrogen-bond acceptors (Lipinski definition) is 12. The van der Waals surface area contributed by atoms with Crippen LogP contribution in [0.2, 0.25) is 30.1 Å². The Balaban J connectivity index is 0.000000176. The molecule has 0 radical (unpaired) electrons. The van der Waals surface area contributed by atoms with Gasteiger partial charge in [0, 0.05) is 67.9 Å². The molecule has 2 atom stereocenters. The Morgan fingerprint density at radius 1 is 0.606 bits per heavy atom. The van der Waals surface area contributed by atoms with Crippen molar-refractivity contribution in [3.05, 3.63) is 102 Å². The van der Waals surface area contributed by atoms with E-state index in [0.29, 0.717) is 61.4 Å². The lowest BCUT2D eigenvalue weighted by Gasteiger charge is -2.30. The highest BCUT2D eigenvalue weighted by Gasteiger charge is 2.34. The molecule has 71 heavy (non-hydrogen) atoms. The third-order valence-corrected chi connectivity index (χ3v) is 12.6. The molecule has 2 aliphatic heterocycles. The molecule has 2 aliphatic rings. The molecule has 0 aliphatic carbocycles. The van der Waals surface area contributed by atoms with Crippen molar-refractivity contribution in [1.29, 1.82) is 0 Å². The van der Waals surface area contributed by atoms with E-state index in [-0.39, 0.29) is 100 Å². The molecule has 16 nitrogen and oxygen atoms in total. The lowest BCUT2D eigenvalue weighted by molar-refractivity contribution is -0.138. The smallest absolute Gasteiger partial charge is 0.417 e. The van der Waals surface area contributed by atoms with E-state index < -0.39 is 23.5 Å². The summed E-state index contributed by atoms with van der Waals surface area (Å²) in [6.45, 7) is 0.784. The number of benzene rings is 2. The number of carbonyl (C=O) groups is 2. The quantitative estimate of drug-likeness (QED) is 0.142. The van der Waals surface area contributed by atoms with Gasteiger partial charge in [-0.1, -0.05) is 79.9 Å². The van der Waals surface area contributed by atoms with Crippen molar-refractivity contribution in [2.75, 3.05) is 20.1 Å². The van der Waals surface area contributed by atoms with Crippen molar-refractivity contribution in [1.82, 2.24) is 49.3 Å². The van der Waals surface area contributed by atoms with E-state index in [4.69, 9.17) is 88.1 Å². The number of nitrogens with zero attached hydrogens (tertiary/aromatic N) is 9. The van der Waals surface area contributed by atoms with E-state index in [1.54, 1.807) is 11.9 Å². The summed E-state index contributed by atoms with van der Waals surface area (Å²) < 4.78 is 103. The summed E-state index contributed by atoms with van der Waals surface area (Å²) in [7, 11) is 1.70. The summed E-state index contributed by atoms with van der Waals surface area (Å²) in [5, 5.41) is 11.1. The van der Waals surface area contributed by atoms with E-state index in [9.17, 15) is 35.9 Å². The van der Waals surface area contributed by atoms with E-state index in [1.165, 1.54) is 36.7 Å². The monoisotopic (exact) mass is 1100 g/mol. The maximum Gasteiger partial charge on any atom is 0.417 e. The van der Waals surface area contributed by atoms with Gasteiger partial charge in [0.2, 0.25) is 23.5 Å². The molecule has 28 heteroatoms. The molecule has 8 heterocycles. The number of alkyl halides is 6. The van der Waals surface area contributed by atoms with Crippen LogP contribution in [0, 0.1) is 0 Å². The first-order chi connectivity index (χ1) is 33.6. The fourth-order valence-corrected chi connectivity index (χ4v) is 8.73. The van der Waals surface area contributed by atoms with Gasteiger partial charge in [-0.25, -0.2) is 9.97 Å². The minimum Gasteiger partial charge on any atom is -0.487 e. The van der Waals surface area contributed by atoms with Crippen LogP contribution in [-0.2, 0) is 21.9 Å². The second kappa shape index (κ2) is 19.5. The Morgan fingerprint density at radius 3 is 1.51 bits per heavy atom. The number of likely N-dealkylation sites (tertiary alicyclic amines) is 1. The van der Waals surface area contributed by atoms with Gasteiger partial charge in [-0.15, -0.1) is 0 Å². The molecular formula is C43H28Cl6F6N10O6.